The van der Waals surface area contributed by atoms with Crippen LogP contribution in [0.1, 0.15) is 25.0 Å². The first-order chi connectivity index (χ1) is 9.01. The molecule has 1 rings (SSSR count). The van der Waals surface area contributed by atoms with Crippen LogP contribution >= 0.6 is 0 Å². The molecule has 20 heavy (non-hydrogen) atoms. The second-order valence-corrected chi connectivity index (χ2v) is 6.70. The van der Waals surface area contributed by atoms with E-state index in [0.29, 0.717) is 0 Å². The van der Waals surface area contributed by atoms with Gasteiger partial charge in [0.15, 0.2) is 5.84 Å². The molecule has 0 aliphatic carbocycles. The number of nitrogens with zero attached hydrogens (tertiary/aromatic N) is 1. The van der Waals surface area contributed by atoms with Gasteiger partial charge in [-0.15, -0.1) is 0 Å². The van der Waals surface area contributed by atoms with E-state index < -0.39 is 21.4 Å². The fourth-order valence-electron chi connectivity index (χ4n) is 1.89. The molecule has 1 aromatic carbocycles. The van der Waals surface area contributed by atoms with Crippen LogP contribution in [-0.4, -0.2) is 25.0 Å². The summed E-state index contributed by atoms with van der Waals surface area (Å²) in [5.74, 6) is -0.784. The molecular formula is C12H18FN3O3S. The average molecular weight is 303 g/mol. The third-order valence-electron chi connectivity index (χ3n) is 2.83. The highest BCUT2D eigenvalue weighted by atomic mass is 32.2. The molecule has 1 aromatic rings. The number of halogens is 1. The van der Waals surface area contributed by atoms with E-state index in [9.17, 15) is 12.8 Å². The molecule has 0 amide bonds. The summed E-state index contributed by atoms with van der Waals surface area (Å²) in [6.07, 6.45) is 0. The number of hydrogen-bond acceptors (Lipinski definition) is 4. The fraction of sp³-hybridized carbons (Fsp3) is 0.417. The van der Waals surface area contributed by atoms with Gasteiger partial charge >= 0.3 is 0 Å². The van der Waals surface area contributed by atoms with Crippen LogP contribution in [0.3, 0.4) is 0 Å². The van der Waals surface area contributed by atoms with Gasteiger partial charge in [0.2, 0.25) is 10.0 Å². The Hall–Kier alpha value is -1.67. The lowest BCUT2D eigenvalue weighted by Crippen LogP contribution is -2.53. The second kappa shape index (κ2) is 5.37. The molecule has 0 atom stereocenters. The first-order valence-corrected chi connectivity index (χ1v) is 7.28. The molecule has 0 unspecified atom stereocenters. The van der Waals surface area contributed by atoms with Crippen LogP contribution in [0.5, 0.6) is 0 Å². The van der Waals surface area contributed by atoms with Gasteiger partial charge < -0.3 is 10.9 Å². The van der Waals surface area contributed by atoms with E-state index in [1.807, 2.05) is 0 Å². The van der Waals surface area contributed by atoms with Crippen LogP contribution in [0.15, 0.2) is 22.2 Å². The summed E-state index contributed by atoms with van der Waals surface area (Å²) >= 11 is 0. The number of nitrogens with one attached hydrogen (secondary N) is 1. The third-order valence-corrected chi connectivity index (χ3v) is 4.79. The molecule has 112 valence electrons. The first-order valence-electron chi connectivity index (χ1n) is 5.80. The largest absolute Gasteiger partial charge is 0.409 e. The number of oxime groups is 1. The van der Waals surface area contributed by atoms with Crippen molar-refractivity contribution in [3.05, 3.63) is 29.1 Å². The summed E-state index contributed by atoms with van der Waals surface area (Å²) in [5.41, 5.74) is 4.74. The number of nitrogens with two attached hydrogens (primary N) is 1. The Labute approximate surface area is 117 Å². The standard InChI is InChI=1S/C12H18FN3O3S/c1-7-5-9(13)6-8(2)10(7)20(18,19)16-12(3,4)11(14)15-17/h5-6,16-17H,1-4H3,(H2,14,15). The number of benzene rings is 1. The molecule has 0 fully saturated rings. The molecule has 0 radical (unpaired) electrons. The van der Waals surface area contributed by atoms with Crippen molar-refractivity contribution in [2.75, 3.05) is 0 Å². The van der Waals surface area contributed by atoms with E-state index in [1.54, 1.807) is 0 Å². The maximum absolute atomic E-state index is 13.2. The fourth-order valence-corrected chi connectivity index (χ4v) is 3.73. The third kappa shape index (κ3) is 3.26. The minimum atomic E-state index is -3.94. The molecule has 6 nitrogen and oxygen atoms in total. The van der Waals surface area contributed by atoms with Crippen molar-refractivity contribution in [1.29, 1.82) is 0 Å². The van der Waals surface area contributed by atoms with E-state index in [2.05, 4.69) is 9.88 Å². The zero-order valence-electron chi connectivity index (χ0n) is 11.7. The van der Waals surface area contributed by atoms with Crippen LogP contribution < -0.4 is 10.5 Å². The van der Waals surface area contributed by atoms with Crippen molar-refractivity contribution < 1.29 is 18.0 Å². The van der Waals surface area contributed by atoms with Crippen molar-refractivity contribution in [3.63, 3.8) is 0 Å². The Bertz CT molecular complexity index is 631. The number of aryl methyl sites for hydroxylation is 2. The molecule has 0 aliphatic heterocycles. The second-order valence-electron chi connectivity index (χ2n) is 5.08. The lowest BCUT2D eigenvalue weighted by atomic mass is 10.1. The zero-order valence-corrected chi connectivity index (χ0v) is 12.5. The van der Waals surface area contributed by atoms with Gasteiger partial charge in [0.05, 0.1) is 10.4 Å². The Morgan fingerprint density at radius 3 is 2.20 bits per heavy atom. The highest BCUT2D eigenvalue weighted by Gasteiger charge is 2.32. The quantitative estimate of drug-likeness (QED) is 0.337. The first kappa shape index (κ1) is 16.4. The van der Waals surface area contributed by atoms with Crippen LogP contribution in [0.4, 0.5) is 4.39 Å². The number of rotatable bonds is 4. The molecule has 0 aliphatic rings. The van der Waals surface area contributed by atoms with Crippen LogP contribution in [-0.2, 0) is 10.0 Å². The van der Waals surface area contributed by atoms with E-state index in [-0.39, 0.29) is 21.9 Å². The Balaban J connectivity index is 3.33. The zero-order chi connectivity index (χ0) is 15.7. The van der Waals surface area contributed by atoms with Gasteiger partial charge in [-0.3, -0.25) is 0 Å². The van der Waals surface area contributed by atoms with Crippen LogP contribution in [0.25, 0.3) is 0 Å². The van der Waals surface area contributed by atoms with Gasteiger partial charge in [-0.1, -0.05) is 5.16 Å². The molecule has 0 spiro atoms. The van der Waals surface area contributed by atoms with Crippen molar-refractivity contribution in [2.24, 2.45) is 10.9 Å². The summed E-state index contributed by atoms with van der Waals surface area (Å²) in [6.45, 7) is 5.91. The maximum Gasteiger partial charge on any atom is 0.241 e. The lowest BCUT2D eigenvalue weighted by Gasteiger charge is -2.25. The Morgan fingerprint density at radius 1 is 1.35 bits per heavy atom. The van der Waals surface area contributed by atoms with Crippen molar-refractivity contribution in [2.45, 2.75) is 38.1 Å². The number of sulfonamides is 1. The summed E-state index contributed by atoms with van der Waals surface area (Å²) < 4.78 is 40.4. The highest BCUT2D eigenvalue weighted by molar-refractivity contribution is 7.89. The van der Waals surface area contributed by atoms with Crippen molar-refractivity contribution in [1.82, 2.24) is 4.72 Å². The minimum Gasteiger partial charge on any atom is -0.409 e. The van der Waals surface area contributed by atoms with Gasteiger partial charge in [0.1, 0.15) is 5.82 Å². The molecule has 0 saturated carbocycles. The lowest BCUT2D eigenvalue weighted by molar-refractivity contribution is 0.312. The van der Waals surface area contributed by atoms with Gasteiger partial charge in [-0.25, -0.2) is 12.8 Å². The van der Waals surface area contributed by atoms with E-state index in [0.717, 1.165) is 12.1 Å². The molecule has 4 N–H and O–H groups in total. The molecule has 8 heteroatoms. The summed E-state index contributed by atoms with van der Waals surface area (Å²) in [7, 11) is -3.94. The monoisotopic (exact) mass is 303 g/mol. The van der Waals surface area contributed by atoms with Gasteiger partial charge in [0, 0.05) is 0 Å². The molecule has 0 heterocycles. The maximum atomic E-state index is 13.2. The van der Waals surface area contributed by atoms with Crippen molar-refractivity contribution in [3.8, 4) is 0 Å². The smallest absolute Gasteiger partial charge is 0.241 e. The summed E-state index contributed by atoms with van der Waals surface area (Å²) in [5, 5.41) is 11.5. The summed E-state index contributed by atoms with van der Waals surface area (Å²) in [4.78, 5) is -0.0160. The van der Waals surface area contributed by atoms with E-state index in [1.165, 1.54) is 27.7 Å². The Kier molecular flexibility index (Phi) is 4.40. The minimum absolute atomic E-state index is 0.0160. The topological polar surface area (TPSA) is 105 Å². The van der Waals surface area contributed by atoms with Gasteiger partial charge in [0.25, 0.3) is 0 Å². The van der Waals surface area contributed by atoms with E-state index >= 15 is 0 Å². The number of amidine groups is 1. The SMILES string of the molecule is Cc1cc(F)cc(C)c1S(=O)(=O)NC(C)(C)/C(N)=N/O. The van der Waals surface area contributed by atoms with Crippen molar-refractivity contribution >= 4 is 15.9 Å². The molecule has 0 aromatic heterocycles. The van der Waals surface area contributed by atoms with Crippen LogP contribution in [0.2, 0.25) is 0 Å². The van der Waals surface area contributed by atoms with Gasteiger partial charge in [-0.2, -0.15) is 4.72 Å². The number of hydrogen-bond donors (Lipinski definition) is 3. The predicted molar refractivity (Wildman–Crippen MR) is 73.7 cm³/mol. The highest BCUT2D eigenvalue weighted by Crippen LogP contribution is 2.22. The normalized spacial score (nSPS) is 13.6. The van der Waals surface area contributed by atoms with Gasteiger partial charge in [-0.05, 0) is 51.0 Å². The van der Waals surface area contributed by atoms with Crippen LogP contribution in [0, 0.1) is 19.7 Å². The Morgan fingerprint density at radius 2 is 1.80 bits per heavy atom. The average Bonchev–Trinajstić information content (AvgIpc) is 2.23. The summed E-state index contributed by atoms with van der Waals surface area (Å²) in [6, 6.07) is 2.27. The molecule has 0 saturated heterocycles. The molecular weight excluding hydrogens is 285 g/mol. The predicted octanol–water partition coefficient (Wildman–Crippen LogP) is 1.25. The van der Waals surface area contributed by atoms with E-state index in [4.69, 9.17) is 10.9 Å². The molecule has 0 bridgehead atoms.